The minimum Gasteiger partial charge on any atom is -0.444 e. The first-order valence-corrected chi connectivity index (χ1v) is 8.46. The Kier molecular flexibility index (Phi) is 4.17. The SMILES string of the molecule is CC1CCN(C(=O)OC(C)(C)C)CC1C1=Cc2ncccc2C1. The van der Waals surface area contributed by atoms with Crippen molar-refractivity contribution in [2.45, 2.75) is 46.1 Å². The van der Waals surface area contributed by atoms with Gasteiger partial charge < -0.3 is 9.64 Å². The molecule has 4 heteroatoms. The number of hydrogen-bond donors (Lipinski definition) is 0. The molecule has 0 aromatic carbocycles. The molecule has 1 fully saturated rings. The molecule has 0 radical (unpaired) electrons. The molecule has 1 amide bonds. The van der Waals surface area contributed by atoms with E-state index < -0.39 is 5.60 Å². The van der Waals surface area contributed by atoms with Crippen LogP contribution in [0.25, 0.3) is 6.08 Å². The van der Waals surface area contributed by atoms with Crippen LogP contribution in [0.4, 0.5) is 4.79 Å². The largest absolute Gasteiger partial charge is 0.444 e. The van der Waals surface area contributed by atoms with Crippen LogP contribution in [0.2, 0.25) is 0 Å². The molecule has 2 heterocycles. The van der Waals surface area contributed by atoms with Crippen LogP contribution in [0.3, 0.4) is 0 Å². The highest BCUT2D eigenvalue weighted by Crippen LogP contribution is 2.36. The quantitative estimate of drug-likeness (QED) is 0.789. The second-order valence-electron chi connectivity index (χ2n) is 7.74. The van der Waals surface area contributed by atoms with Gasteiger partial charge in [-0.1, -0.05) is 18.6 Å². The Bertz CT molecular complexity index is 631. The third-order valence-corrected chi connectivity index (χ3v) is 4.73. The van der Waals surface area contributed by atoms with Crippen molar-refractivity contribution in [3.05, 3.63) is 35.2 Å². The molecule has 1 aromatic heterocycles. The summed E-state index contributed by atoms with van der Waals surface area (Å²) in [6.45, 7) is 9.56. The number of ether oxygens (including phenoxy) is 1. The predicted molar refractivity (Wildman–Crippen MR) is 91.0 cm³/mol. The first-order chi connectivity index (χ1) is 10.8. The van der Waals surface area contributed by atoms with Gasteiger partial charge >= 0.3 is 6.09 Å². The standard InChI is InChI=1S/C19H26N2O2/c1-13-7-9-21(18(22)23-19(2,3)4)12-16(13)15-10-14-6-5-8-20-17(14)11-15/h5-6,8,11,13,16H,7,9-10,12H2,1-4H3. The summed E-state index contributed by atoms with van der Waals surface area (Å²) >= 11 is 0. The Labute approximate surface area is 138 Å². The molecular weight excluding hydrogens is 288 g/mol. The zero-order valence-electron chi connectivity index (χ0n) is 14.5. The average Bonchev–Trinajstić information content (AvgIpc) is 2.89. The first kappa shape index (κ1) is 16.0. The maximum absolute atomic E-state index is 12.4. The van der Waals surface area contributed by atoms with E-state index in [-0.39, 0.29) is 6.09 Å². The van der Waals surface area contributed by atoms with E-state index in [0.717, 1.165) is 31.6 Å². The fourth-order valence-electron chi connectivity index (χ4n) is 3.46. The lowest BCUT2D eigenvalue weighted by Gasteiger charge is -2.38. The van der Waals surface area contributed by atoms with Crippen molar-refractivity contribution in [3.8, 4) is 0 Å². The van der Waals surface area contributed by atoms with Gasteiger partial charge in [-0.15, -0.1) is 0 Å². The second kappa shape index (κ2) is 5.99. The van der Waals surface area contributed by atoms with Crippen LogP contribution >= 0.6 is 0 Å². The molecule has 4 nitrogen and oxygen atoms in total. The fraction of sp³-hybridized carbons (Fsp3) is 0.579. The van der Waals surface area contributed by atoms with E-state index in [1.807, 2.05) is 37.9 Å². The van der Waals surface area contributed by atoms with Gasteiger partial charge in [0, 0.05) is 25.2 Å². The van der Waals surface area contributed by atoms with Crippen LogP contribution in [0.1, 0.15) is 45.4 Å². The van der Waals surface area contributed by atoms with Crippen LogP contribution in [0.15, 0.2) is 23.9 Å². The molecule has 0 N–H and O–H groups in total. The maximum Gasteiger partial charge on any atom is 0.410 e. The van der Waals surface area contributed by atoms with E-state index in [4.69, 9.17) is 4.74 Å². The van der Waals surface area contributed by atoms with E-state index in [0.29, 0.717) is 11.8 Å². The molecular formula is C19H26N2O2. The minimum absolute atomic E-state index is 0.191. The monoisotopic (exact) mass is 314 g/mol. The lowest BCUT2D eigenvalue weighted by atomic mass is 9.81. The highest BCUT2D eigenvalue weighted by molar-refractivity contribution is 5.68. The van der Waals surface area contributed by atoms with Crippen LogP contribution in [0.5, 0.6) is 0 Å². The summed E-state index contributed by atoms with van der Waals surface area (Å²) in [5.74, 6) is 0.972. The topological polar surface area (TPSA) is 42.4 Å². The van der Waals surface area contributed by atoms with E-state index in [9.17, 15) is 4.79 Å². The summed E-state index contributed by atoms with van der Waals surface area (Å²) < 4.78 is 5.54. The highest BCUT2D eigenvalue weighted by atomic mass is 16.6. The van der Waals surface area contributed by atoms with Crippen LogP contribution in [0, 0.1) is 11.8 Å². The second-order valence-corrected chi connectivity index (χ2v) is 7.74. The number of pyridine rings is 1. The third-order valence-electron chi connectivity index (χ3n) is 4.73. The van der Waals surface area contributed by atoms with Gasteiger partial charge in [-0.05, 0) is 57.2 Å². The smallest absolute Gasteiger partial charge is 0.410 e. The van der Waals surface area contributed by atoms with Crippen molar-refractivity contribution in [2.75, 3.05) is 13.1 Å². The summed E-state index contributed by atoms with van der Waals surface area (Å²) in [5.41, 5.74) is 3.34. The van der Waals surface area contributed by atoms with Gasteiger partial charge in [0.05, 0.1) is 5.69 Å². The first-order valence-electron chi connectivity index (χ1n) is 8.46. The molecule has 124 valence electrons. The van der Waals surface area contributed by atoms with E-state index in [1.165, 1.54) is 11.1 Å². The molecule has 0 spiro atoms. The summed E-state index contributed by atoms with van der Waals surface area (Å²) in [6, 6.07) is 4.14. The number of likely N-dealkylation sites (tertiary alicyclic amines) is 1. The third kappa shape index (κ3) is 3.57. The molecule has 1 aliphatic carbocycles. The Morgan fingerprint density at radius 1 is 1.39 bits per heavy atom. The van der Waals surface area contributed by atoms with Crippen LogP contribution in [-0.2, 0) is 11.2 Å². The predicted octanol–water partition coefficient (Wildman–Crippen LogP) is 3.91. The Morgan fingerprint density at radius 3 is 2.87 bits per heavy atom. The molecule has 1 aliphatic heterocycles. The van der Waals surface area contributed by atoms with Gasteiger partial charge in [-0.25, -0.2) is 4.79 Å². The number of aromatic nitrogens is 1. The molecule has 2 aliphatic rings. The van der Waals surface area contributed by atoms with Crippen molar-refractivity contribution < 1.29 is 9.53 Å². The molecule has 1 aromatic rings. The van der Waals surface area contributed by atoms with Gasteiger partial charge in [-0.3, -0.25) is 4.98 Å². The van der Waals surface area contributed by atoms with Gasteiger partial charge in [0.25, 0.3) is 0 Å². The normalized spacial score (nSPS) is 24.2. The Morgan fingerprint density at radius 2 is 2.17 bits per heavy atom. The molecule has 1 saturated heterocycles. The summed E-state index contributed by atoms with van der Waals surface area (Å²) in [6.07, 6.45) is 5.85. The lowest BCUT2D eigenvalue weighted by Crippen LogP contribution is -2.45. The molecule has 3 rings (SSSR count). The van der Waals surface area contributed by atoms with Crippen LogP contribution < -0.4 is 0 Å². The van der Waals surface area contributed by atoms with Crippen molar-refractivity contribution >= 4 is 12.2 Å². The molecule has 0 bridgehead atoms. The molecule has 2 unspecified atom stereocenters. The number of amides is 1. The number of carbonyl (C=O) groups excluding carboxylic acids is 1. The Balaban J connectivity index is 1.72. The Hall–Kier alpha value is -1.84. The summed E-state index contributed by atoms with van der Waals surface area (Å²) in [4.78, 5) is 18.7. The molecule has 0 saturated carbocycles. The zero-order chi connectivity index (χ0) is 16.6. The van der Waals surface area contributed by atoms with E-state index in [2.05, 4.69) is 24.1 Å². The van der Waals surface area contributed by atoms with Gasteiger partial charge in [0.2, 0.25) is 0 Å². The van der Waals surface area contributed by atoms with Crippen molar-refractivity contribution in [1.82, 2.24) is 9.88 Å². The van der Waals surface area contributed by atoms with Crippen molar-refractivity contribution in [3.63, 3.8) is 0 Å². The minimum atomic E-state index is -0.442. The zero-order valence-corrected chi connectivity index (χ0v) is 14.5. The van der Waals surface area contributed by atoms with Crippen molar-refractivity contribution in [2.24, 2.45) is 11.8 Å². The number of fused-ring (bicyclic) bond motifs is 1. The number of carbonyl (C=O) groups is 1. The molecule has 2 atom stereocenters. The summed E-state index contributed by atoms with van der Waals surface area (Å²) in [5, 5.41) is 0. The van der Waals surface area contributed by atoms with Gasteiger partial charge in [0.15, 0.2) is 0 Å². The average molecular weight is 314 g/mol. The highest BCUT2D eigenvalue weighted by Gasteiger charge is 2.34. The van der Waals surface area contributed by atoms with E-state index >= 15 is 0 Å². The number of nitrogens with zero attached hydrogens (tertiary/aromatic N) is 2. The number of piperidine rings is 1. The van der Waals surface area contributed by atoms with E-state index in [1.54, 1.807) is 0 Å². The summed E-state index contributed by atoms with van der Waals surface area (Å²) in [7, 11) is 0. The van der Waals surface area contributed by atoms with Gasteiger partial charge in [0.1, 0.15) is 5.60 Å². The lowest BCUT2D eigenvalue weighted by molar-refractivity contribution is 0.0139. The van der Waals surface area contributed by atoms with Crippen molar-refractivity contribution in [1.29, 1.82) is 0 Å². The number of rotatable bonds is 1. The molecule has 23 heavy (non-hydrogen) atoms. The van der Waals surface area contributed by atoms with Gasteiger partial charge in [-0.2, -0.15) is 0 Å². The maximum atomic E-state index is 12.4. The number of hydrogen-bond acceptors (Lipinski definition) is 3. The fourth-order valence-corrected chi connectivity index (χ4v) is 3.46. The van der Waals surface area contributed by atoms with Crippen LogP contribution in [-0.4, -0.2) is 34.7 Å².